The van der Waals surface area contributed by atoms with Crippen LogP contribution >= 0.6 is 0 Å². The first kappa shape index (κ1) is 9.31. The standard InChI is InChI=1S/C6H8F3N/c1-2-3-4-5(10)6(7,8)9/h1,5H,3-4,10H2. The molecule has 0 spiro atoms. The van der Waals surface area contributed by atoms with Gasteiger partial charge in [0, 0.05) is 6.42 Å². The minimum Gasteiger partial charge on any atom is -0.320 e. The highest BCUT2D eigenvalue weighted by Crippen LogP contribution is 2.20. The lowest BCUT2D eigenvalue weighted by Crippen LogP contribution is -2.36. The zero-order valence-electron chi connectivity index (χ0n) is 5.28. The van der Waals surface area contributed by atoms with Crippen LogP contribution < -0.4 is 5.73 Å². The summed E-state index contributed by atoms with van der Waals surface area (Å²) in [5.41, 5.74) is 4.72. The highest BCUT2D eigenvalue weighted by atomic mass is 19.4. The van der Waals surface area contributed by atoms with E-state index in [1.807, 2.05) is 0 Å². The molecule has 1 nitrogen and oxygen atoms in total. The average molecular weight is 151 g/mol. The largest absolute Gasteiger partial charge is 0.403 e. The highest BCUT2D eigenvalue weighted by molar-refractivity contribution is 4.86. The molecule has 10 heavy (non-hydrogen) atoms. The lowest BCUT2D eigenvalue weighted by atomic mass is 10.2. The third-order valence-electron chi connectivity index (χ3n) is 1.02. The Bertz CT molecular complexity index is 133. The number of hydrogen-bond acceptors (Lipinski definition) is 1. The van der Waals surface area contributed by atoms with Gasteiger partial charge in [-0.1, -0.05) is 0 Å². The fourth-order valence-corrected chi connectivity index (χ4v) is 0.402. The first-order valence-corrected chi connectivity index (χ1v) is 2.74. The Hall–Kier alpha value is -0.690. The number of rotatable bonds is 2. The van der Waals surface area contributed by atoms with Crippen molar-refractivity contribution in [2.75, 3.05) is 0 Å². The van der Waals surface area contributed by atoms with E-state index in [2.05, 4.69) is 5.92 Å². The van der Waals surface area contributed by atoms with Crippen molar-refractivity contribution in [2.45, 2.75) is 25.1 Å². The van der Waals surface area contributed by atoms with Crippen LogP contribution in [-0.2, 0) is 0 Å². The molecule has 2 N–H and O–H groups in total. The molecule has 0 aromatic carbocycles. The van der Waals surface area contributed by atoms with E-state index in [9.17, 15) is 13.2 Å². The Morgan fingerprint density at radius 3 is 2.30 bits per heavy atom. The van der Waals surface area contributed by atoms with Crippen molar-refractivity contribution in [1.29, 1.82) is 0 Å². The van der Waals surface area contributed by atoms with Crippen molar-refractivity contribution in [3.05, 3.63) is 0 Å². The van der Waals surface area contributed by atoms with Gasteiger partial charge in [-0.25, -0.2) is 0 Å². The lowest BCUT2D eigenvalue weighted by Gasteiger charge is -2.13. The first-order chi connectivity index (χ1) is 4.48. The summed E-state index contributed by atoms with van der Waals surface area (Å²) in [5.74, 6) is 2.09. The van der Waals surface area contributed by atoms with E-state index in [0.29, 0.717) is 0 Å². The topological polar surface area (TPSA) is 26.0 Å². The molecule has 0 aliphatic heterocycles. The number of hydrogen-bond donors (Lipinski definition) is 1. The van der Waals surface area contributed by atoms with Gasteiger partial charge in [0.2, 0.25) is 0 Å². The van der Waals surface area contributed by atoms with Gasteiger partial charge in [-0.05, 0) is 6.42 Å². The Morgan fingerprint density at radius 2 is 2.00 bits per heavy atom. The summed E-state index contributed by atoms with van der Waals surface area (Å²) in [7, 11) is 0. The molecule has 0 aliphatic rings. The Labute approximate surface area is 57.4 Å². The zero-order chi connectivity index (χ0) is 8.20. The van der Waals surface area contributed by atoms with E-state index >= 15 is 0 Å². The third kappa shape index (κ3) is 3.36. The normalized spacial score (nSPS) is 14.3. The molecule has 0 heterocycles. The maximum absolute atomic E-state index is 11.6. The molecule has 0 saturated carbocycles. The minimum absolute atomic E-state index is 0.0701. The van der Waals surface area contributed by atoms with Crippen LogP contribution in [0.25, 0.3) is 0 Å². The van der Waals surface area contributed by atoms with Crippen LogP contribution in [0.5, 0.6) is 0 Å². The molecule has 58 valence electrons. The van der Waals surface area contributed by atoms with Crippen molar-refractivity contribution in [1.82, 2.24) is 0 Å². The van der Waals surface area contributed by atoms with Crippen molar-refractivity contribution < 1.29 is 13.2 Å². The van der Waals surface area contributed by atoms with E-state index in [-0.39, 0.29) is 12.8 Å². The molecule has 0 fully saturated rings. The second-order valence-electron chi connectivity index (χ2n) is 1.89. The van der Waals surface area contributed by atoms with Gasteiger partial charge >= 0.3 is 6.18 Å². The van der Waals surface area contributed by atoms with Gasteiger partial charge in [0.15, 0.2) is 0 Å². The van der Waals surface area contributed by atoms with Crippen LogP contribution in [0, 0.1) is 12.3 Å². The second kappa shape index (κ2) is 3.47. The quantitative estimate of drug-likeness (QED) is 0.591. The summed E-state index contributed by atoms with van der Waals surface area (Å²) in [4.78, 5) is 0. The first-order valence-electron chi connectivity index (χ1n) is 2.74. The molecule has 0 aliphatic carbocycles. The monoisotopic (exact) mass is 151 g/mol. The maximum atomic E-state index is 11.6. The highest BCUT2D eigenvalue weighted by Gasteiger charge is 2.35. The maximum Gasteiger partial charge on any atom is 0.403 e. The Balaban J connectivity index is 3.65. The Kier molecular flexibility index (Phi) is 3.23. The molecule has 0 aromatic heterocycles. The van der Waals surface area contributed by atoms with Crippen LogP contribution in [0.4, 0.5) is 13.2 Å². The molecule has 0 amide bonds. The van der Waals surface area contributed by atoms with Gasteiger partial charge in [-0.2, -0.15) is 13.2 Å². The molecule has 4 heteroatoms. The molecule has 0 rings (SSSR count). The van der Waals surface area contributed by atoms with Gasteiger partial charge in [-0.15, -0.1) is 12.3 Å². The summed E-state index contributed by atoms with van der Waals surface area (Å²) in [5, 5.41) is 0. The summed E-state index contributed by atoms with van der Waals surface area (Å²) < 4.78 is 34.7. The number of terminal acetylenes is 1. The van der Waals surface area contributed by atoms with Crippen molar-refractivity contribution in [3.63, 3.8) is 0 Å². The lowest BCUT2D eigenvalue weighted by molar-refractivity contribution is -0.148. The fraction of sp³-hybridized carbons (Fsp3) is 0.667. The molecular weight excluding hydrogens is 143 g/mol. The third-order valence-corrected chi connectivity index (χ3v) is 1.02. The summed E-state index contributed by atoms with van der Waals surface area (Å²) in [6.45, 7) is 0. The SMILES string of the molecule is C#CCCC(N)C(F)(F)F. The van der Waals surface area contributed by atoms with Crippen LogP contribution in [0.3, 0.4) is 0 Å². The van der Waals surface area contributed by atoms with Gasteiger partial charge in [-0.3, -0.25) is 0 Å². The summed E-state index contributed by atoms with van der Waals surface area (Å²) in [6.07, 6.45) is 0.314. The number of halogens is 3. The zero-order valence-corrected chi connectivity index (χ0v) is 5.28. The van der Waals surface area contributed by atoms with Gasteiger partial charge < -0.3 is 5.73 Å². The molecule has 1 atom stereocenters. The van der Waals surface area contributed by atoms with E-state index in [1.54, 1.807) is 0 Å². The van der Waals surface area contributed by atoms with Crippen molar-refractivity contribution in [2.24, 2.45) is 5.73 Å². The average Bonchev–Trinajstić information content (AvgIpc) is 1.80. The van der Waals surface area contributed by atoms with Gasteiger partial charge in [0.25, 0.3) is 0 Å². The van der Waals surface area contributed by atoms with Crippen molar-refractivity contribution in [3.8, 4) is 12.3 Å². The number of nitrogens with two attached hydrogens (primary N) is 1. The molecule has 0 bridgehead atoms. The Morgan fingerprint density at radius 1 is 1.50 bits per heavy atom. The van der Waals surface area contributed by atoms with E-state index in [0.717, 1.165) is 0 Å². The minimum atomic E-state index is -4.31. The molecule has 0 radical (unpaired) electrons. The molecular formula is C6H8F3N. The predicted octanol–water partition coefficient (Wildman–Crippen LogP) is 1.29. The second-order valence-corrected chi connectivity index (χ2v) is 1.89. The number of alkyl halides is 3. The predicted molar refractivity (Wildman–Crippen MR) is 32.1 cm³/mol. The van der Waals surface area contributed by atoms with Gasteiger partial charge in [0.05, 0.1) is 0 Å². The van der Waals surface area contributed by atoms with Gasteiger partial charge in [0.1, 0.15) is 6.04 Å². The van der Waals surface area contributed by atoms with Crippen LogP contribution in [-0.4, -0.2) is 12.2 Å². The van der Waals surface area contributed by atoms with Crippen LogP contribution in [0.15, 0.2) is 0 Å². The smallest absolute Gasteiger partial charge is 0.320 e. The van der Waals surface area contributed by atoms with E-state index in [1.165, 1.54) is 0 Å². The molecule has 0 saturated heterocycles. The summed E-state index contributed by atoms with van der Waals surface area (Å²) >= 11 is 0. The van der Waals surface area contributed by atoms with Crippen molar-refractivity contribution >= 4 is 0 Å². The fourth-order valence-electron chi connectivity index (χ4n) is 0.402. The van der Waals surface area contributed by atoms with Crippen LogP contribution in [0.2, 0.25) is 0 Å². The molecule has 0 aromatic rings. The molecule has 1 unspecified atom stereocenters. The van der Waals surface area contributed by atoms with E-state index in [4.69, 9.17) is 12.2 Å². The summed E-state index contributed by atoms with van der Waals surface area (Å²) in [6, 6.07) is -1.77. The van der Waals surface area contributed by atoms with Crippen LogP contribution in [0.1, 0.15) is 12.8 Å². The van der Waals surface area contributed by atoms with E-state index < -0.39 is 12.2 Å².